The van der Waals surface area contributed by atoms with Gasteiger partial charge in [0, 0.05) is 12.0 Å². The zero-order valence-electron chi connectivity index (χ0n) is 16.3. The molecule has 1 aliphatic carbocycles. The van der Waals surface area contributed by atoms with Crippen LogP contribution in [0.4, 0.5) is 0 Å². The molecule has 0 saturated heterocycles. The maximum atomic E-state index is 9.93. The van der Waals surface area contributed by atoms with Gasteiger partial charge in [0.25, 0.3) is 0 Å². The number of hydrogen-bond acceptors (Lipinski definition) is 2. The molecule has 0 spiro atoms. The third-order valence-corrected chi connectivity index (χ3v) is 6.15. The van der Waals surface area contributed by atoms with Crippen molar-refractivity contribution in [2.45, 2.75) is 52.5 Å². The van der Waals surface area contributed by atoms with Crippen LogP contribution in [0.2, 0.25) is 0 Å². The first-order valence-corrected chi connectivity index (χ1v) is 9.69. The van der Waals surface area contributed by atoms with E-state index in [-0.39, 0.29) is 12.0 Å². The highest BCUT2D eigenvalue weighted by Crippen LogP contribution is 2.49. The molecular formula is C23H35NO. The summed E-state index contributed by atoms with van der Waals surface area (Å²) in [6.45, 7) is 18.2. The molecule has 3 atom stereocenters. The van der Waals surface area contributed by atoms with Gasteiger partial charge in [0.1, 0.15) is 0 Å². The first-order chi connectivity index (χ1) is 12.0. The summed E-state index contributed by atoms with van der Waals surface area (Å²) < 4.78 is 0. The second-order valence-electron chi connectivity index (χ2n) is 7.73. The van der Waals surface area contributed by atoms with E-state index in [0.717, 1.165) is 38.9 Å². The Morgan fingerprint density at radius 1 is 1.28 bits per heavy atom. The highest BCUT2D eigenvalue weighted by Gasteiger charge is 2.39. The van der Waals surface area contributed by atoms with E-state index in [1.54, 1.807) is 0 Å². The van der Waals surface area contributed by atoms with Crippen LogP contribution in [0.25, 0.3) is 0 Å². The van der Waals surface area contributed by atoms with Gasteiger partial charge >= 0.3 is 0 Å². The van der Waals surface area contributed by atoms with Crippen LogP contribution in [-0.4, -0.2) is 29.7 Å². The van der Waals surface area contributed by atoms with E-state index >= 15 is 0 Å². The van der Waals surface area contributed by atoms with Gasteiger partial charge in [-0.1, -0.05) is 56.3 Å². The highest BCUT2D eigenvalue weighted by molar-refractivity contribution is 5.29. The van der Waals surface area contributed by atoms with Crippen molar-refractivity contribution in [1.29, 1.82) is 0 Å². The SMILES string of the molecule is C=C[C@]1(CO)CC[C@@H](C(=C)C)[C@H](c2ccc(CN(CC)CC)cc2)C1. The van der Waals surface area contributed by atoms with Gasteiger partial charge in [-0.3, -0.25) is 4.90 Å². The molecule has 0 aromatic heterocycles. The normalized spacial score (nSPS) is 26.6. The van der Waals surface area contributed by atoms with Gasteiger partial charge in [-0.2, -0.15) is 0 Å². The van der Waals surface area contributed by atoms with Crippen molar-refractivity contribution < 1.29 is 5.11 Å². The van der Waals surface area contributed by atoms with Crippen LogP contribution in [0.15, 0.2) is 49.1 Å². The third-order valence-electron chi connectivity index (χ3n) is 6.15. The molecule has 0 heterocycles. The predicted molar refractivity (Wildman–Crippen MR) is 108 cm³/mol. The lowest BCUT2D eigenvalue weighted by molar-refractivity contribution is 0.100. The lowest BCUT2D eigenvalue weighted by Gasteiger charge is -2.43. The van der Waals surface area contributed by atoms with Crippen LogP contribution in [0.3, 0.4) is 0 Å². The monoisotopic (exact) mass is 341 g/mol. The zero-order chi connectivity index (χ0) is 18.4. The molecule has 1 saturated carbocycles. The zero-order valence-corrected chi connectivity index (χ0v) is 16.3. The van der Waals surface area contributed by atoms with Crippen LogP contribution < -0.4 is 0 Å². The molecule has 25 heavy (non-hydrogen) atoms. The second-order valence-corrected chi connectivity index (χ2v) is 7.73. The average Bonchev–Trinajstić information content (AvgIpc) is 2.65. The van der Waals surface area contributed by atoms with Crippen LogP contribution in [0, 0.1) is 11.3 Å². The number of allylic oxidation sites excluding steroid dienone is 1. The van der Waals surface area contributed by atoms with Gasteiger partial charge in [0.2, 0.25) is 0 Å². The molecule has 1 aromatic rings. The number of aliphatic hydroxyl groups is 1. The molecule has 2 nitrogen and oxygen atoms in total. The van der Waals surface area contributed by atoms with Crippen LogP contribution >= 0.6 is 0 Å². The van der Waals surface area contributed by atoms with E-state index in [9.17, 15) is 5.11 Å². The van der Waals surface area contributed by atoms with Crippen molar-refractivity contribution in [2.75, 3.05) is 19.7 Å². The minimum absolute atomic E-state index is 0.142. The Bertz CT molecular complexity index is 572. The molecular weight excluding hydrogens is 306 g/mol. The number of hydrogen-bond donors (Lipinski definition) is 1. The molecule has 1 aromatic carbocycles. The van der Waals surface area contributed by atoms with Crippen LogP contribution in [0.1, 0.15) is 57.1 Å². The standard InChI is InChI=1S/C23H35NO/c1-6-23(17-25)14-13-21(18(4)5)22(15-23)20-11-9-19(10-12-20)16-24(7-2)8-3/h6,9-12,21-22,25H,1,4,7-8,13-17H2,2-3,5H3/t21-,22-,23-/m0/s1. The summed E-state index contributed by atoms with van der Waals surface area (Å²) in [7, 11) is 0. The van der Waals surface area contributed by atoms with Crippen molar-refractivity contribution in [3.63, 3.8) is 0 Å². The molecule has 0 unspecified atom stereocenters. The number of rotatable bonds is 8. The first kappa shape index (κ1) is 19.9. The van der Waals surface area contributed by atoms with Gasteiger partial charge in [-0.05, 0) is 62.2 Å². The quantitative estimate of drug-likeness (QED) is 0.661. The molecule has 1 fully saturated rings. The number of benzene rings is 1. The molecule has 0 bridgehead atoms. The number of nitrogens with zero attached hydrogens (tertiary/aromatic N) is 1. The van der Waals surface area contributed by atoms with E-state index in [4.69, 9.17) is 0 Å². The Labute approximate surface area is 154 Å². The Kier molecular flexibility index (Phi) is 7.04. The van der Waals surface area contributed by atoms with E-state index < -0.39 is 0 Å². The first-order valence-electron chi connectivity index (χ1n) is 9.69. The summed E-state index contributed by atoms with van der Waals surface area (Å²) in [6.07, 6.45) is 5.01. The van der Waals surface area contributed by atoms with E-state index in [2.05, 4.69) is 63.1 Å². The molecule has 2 rings (SSSR count). The van der Waals surface area contributed by atoms with Gasteiger partial charge in [-0.25, -0.2) is 0 Å². The molecule has 0 radical (unpaired) electrons. The summed E-state index contributed by atoms with van der Waals surface area (Å²) in [5, 5.41) is 9.93. The topological polar surface area (TPSA) is 23.5 Å². The van der Waals surface area contributed by atoms with Crippen molar-refractivity contribution in [1.82, 2.24) is 4.90 Å². The third kappa shape index (κ3) is 4.62. The average molecular weight is 342 g/mol. The maximum absolute atomic E-state index is 9.93. The molecule has 0 aliphatic heterocycles. The Balaban J connectivity index is 2.22. The highest BCUT2D eigenvalue weighted by atomic mass is 16.3. The van der Waals surface area contributed by atoms with E-state index in [1.807, 2.05) is 6.08 Å². The van der Waals surface area contributed by atoms with Crippen molar-refractivity contribution >= 4 is 0 Å². The summed E-state index contributed by atoms with van der Waals surface area (Å²) in [4.78, 5) is 2.43. The van der Waals surface area contributed by atoms with Gasteiger partial charge in [-0.15, -0.1) is 6.58 Å². The fraction of sp³-hybridized carbons (Fsp3) is 0.565. The summed E-state index contributed by atoms with van der Waals surface area (Å²) in [6, 6.07) is 9.12. The molecule has 1 N–H and O–H groups in total. The molecule has 2 heteroatoms. The minimum Gasteiger partial charge on any atom is -0.395 e. The summed E-state index contributed by atoms with van der Waals surface area (Å²) in [5.41, 5.74) is 3.85. The fourth-order valence-electron chi connectivity index (χ4n) is 4.24. The number of aliphatic hydroxyl groups excluding tert-OH is 1. The largest absolute Gasteiger partial charge is 0.395 e. The van der Waals surface area contributed by atoms with E-state index in [1.165, 1.54) is 16.7 Å². The van der Waals surface area contributed by atoms with Gasteiger partial charge < -0.3 is 5.11 Å². The Hall–Kier alpha value is -1.38. The van der Waals surface area contributed by atoms with Gasteiger partial charge in [0.05, 0.1) is 6.61 Å². The molecule has 138 valence electrons. The Morgan fingerprint density at radius 2 is 1.92 bits per heavy atom. The van der Waals surface area contributed by atoms with Crippen molar-refractivity contribution in [3.8, 4) is 0 Å². The van der Waals surface area contributed by atoms with E-state index in [0.29, 0.717) is 11.8 Å². The Morgan fingerprint density at radius 3 is 2.40 bits per heavy atom. The summed E-state index contributed by atoms with van der Waals surface area (Å²) >= 11 is 0. The van der Waals surface area contributed by atoms with Crippen molar-refractivity contribution in [3.05, 3.63) is 60.2 Å². The van der Waals surface area contributed by atoms with Crippen molar-refractivity contribution in [2.24, 2.45) is 11.3 Å². The lowest BCUT2D eigenvalue weighted by atomic mass is 9.62. The molecule has 1 aliphatic rings. The van der Waals surface area contributed by atoms with Crippen LogP contribution in [0.5, 0.6) is 0 Å². The fourth-order valence-corrected chi connectivity index (χ4v) is 4.24. The smallest absolute Gasteiger partial charge is 0.0522 e. The predicted octanol–water partition coefficient (Wildman–Crippen LogP) is 5.15. The minimum atomic E-state index is -0.142. The second kappa shape index (κ2) is 8.82. The maximum Gasteiger partial charge on any atom is 0.0522 e. The summed E-state index contributed by atoms with van der Waals surface area (Å²) in [5.74, 6) is 0.909. The lowest BCUT2D eigenvalue weighted by Crippen LogP contribution is -2.34. The van der Waals surface area contributed by atoms with Gasteiger partial charge in [0.15, 0.2) is 0 Å². The van der Waals surface area contributed by atoms with Crippen LogP contribution in [-0.2, 0) is 6.54 Å². The molecule has 0 amide bonds.